The number of nitrogens with one attached hydrogen (secondary N) is 1. The first-order valence-electron chi connectivity index (χ1n) is 9.59. The van der Waals surface area contributed by atoms with E-state index in [1.165, 1.54) is 0 Å². The molecule has 0 unspecified atom stereocenters. The normalized spacial score (nSPS) is 12.9. The van der Waals surface area contributed by atoms with Crippen LogP contribution in [0, 0.1) is 0 Å². The summed E-state index contributed by atoms with van der Waals surface area (Å²) in [6.45, 7) is 2.45. The van der Waals surface area contributed by atoms with E-state index in [2.05, 4.69) is 9.98 Å². The highest BCUT2D eigenvalue weighted by molar-refractivity contribution is 6.01. The van der Waals surface area contributed by atoms with Crippen LogP contribution >= 0.6 is 0 Å². The van der Waals surface area contributed by atoms with Crippen molar-refractivity contribution in [2.24, 2.45) is 4.99 Å². The maximum Gasteiger partial charge on any atom is 0.331 e. The molecule has 0 saturated heterocycles. The van der Waals surface area contributed by atoms with Crippen LogP contribution in [0.5, 0.6) is 17.4 Å². The molecule has 0 bridgehead atoms. The van der Waals surface area contributed by atoms with Gasteiger partial charge in [-0.2, -0.15) is 0 Å². The van der Waals surface area contributed by atoms with Gasteiger partial charge in [0.2, 0.25) is 12.7 Å². The monoisotopic (exact) mass is 407 g/mol. The second-order valence-electron chi connectivity index (χ2n) is 6.83. The third-order valence-electron chi connectivity index (χ3n) is 4.87. The number of aromatic amines is 1. The SMILES string of the molecule is CCC(=NCc1ccc2c(c1)OCO2)c1c(O)n(Cc2ccccc2)c(=O)[nH]c1=O. The summed E-state index contributed by atoms with van der Waals surface area (Å²) in [6, 6.07) is 14.7. The van der Waals surface area contributed by atoms with Crippen LogP contribution in [-0.2, 0) is 13.1 Å². The van der Waals surface area contributed by atoms with Crippen LogP contribution in [0.25, 0.3) is 0 Å². The van der Waals surface area contributed by atoms with Gasteiger partial charge in [-0.25, -0.2) is 4.79 Å². The van der Waals surface area contributed by atoms with Gasteiger partial charge in [0.15, 0.2) is 11.5 Å². The molecule has 2 aromatic carbocycles. The van der Waals surface area contributed by atoms with E-state index in [4.69, 9.17) is 9.47 Å². The molecule has 0 saturated carbocycles. The van der Waals surface area contributed by atoms with Crippen LogP contribution in [0.2, 0.25) is 0 Å². The molecular weight excluding hydrogens is 386 g/mol. The predicted octanol–water partition coefficient (Wildman–Crippen LogP) is 2.42. The molecule has 4 rings (SSSR count). The van der Waals surface area contributed by atoms with Crippen molar-refractivity contribution < 1.29 is 14.6 Å². The maximum atomic E-state index is 12.5. The van der Waals surface area contributed by atoms with Crippen molar-refractivity contribution in [1.82, 2.24) is 9.55 Å². The summed E-state index contributed by atoms with van der Waals surface area (Å²) in [6.07, 6.45) is 0.407. The van der Waals surface area contributed by atoms with Gasteiger partial charge in [0.1, 0.15) is 5.56 Å². The van der Waals surface area contributed by atoms with E-state index in [1.54, 1.807) is 0 Å². The Kier molecular flexibility index (Phi) is 5.38. The van der Waals surface area contributed by atoms with Crippen molar-refractivity contribution in [3.63, 3.8) is 0 Å². The third kappa shape index (κ3) is 3.84. The van der Waals surface area contributed by atoms with Crippen molar-refractivity contribution in [2.45, 2.75) is 26.4 Å². The number of benzene rings is 2. The molecule has 8 nitrogen and oxygen atoms in total. The summed E-state index contributed by atoms with van der Waals surface area (Å²) in [5.74, 6) is 0.942. The fourth-order valence-corrected chi connectivity index (χ4v) is 3.33. The van der Waals surface area contributed by atoms with Gasteiger partial charge in [0, 0.05) is 0 Å². The molecule has 2 N–H and O–H groups in total. The number of nitrogens with zero attached hydrogens (tertiary/aromatic N) is 2. The van der Waals surface area contributed by atoms with Crippen LogP contribution < -0.4 is 20.7 Å². The van der Waals surface area contributed by atoms with Gasteiger partial charge in [-0.1, -0.05) is 43.3 Å². The Bertz CT molecular complexity index is 1210. The molecule has 1 aliphatic heterocycles. The molecule has 154 valence electrons. The second kappa shape index (κ2) is 8.28. The Balaban J connectivity index is 1.68. The zero-order valence-electron chi connectivity index (χ0n) is 16.4. The summed E-state index contributed by atoms with van der Waals surface area (Å²) in [4.78, 5) is 31.6. The van der Waals surface area contributed by atoms with E-state index >= 15 is 0 Å². The molecular formula is C22H21N3O5. The van der Waals surface area contributed by atoms with Crippen LogP contribution in [-0.4, -0.2) is 27.2 Å². The zero-order valence-corrected chi connectivity index (χ0v) is 16.4. The topological polar surface area (TPSA) is 106 Å². The highest BCUT2D eigenvalue weighted by Crippen LogP contribution is 2.32. The summed E-state index contributed by atoms with van der Waals surface area (Å²) in [5, 5.41) is 10.8. The molecule has 1 aromatic heterocycles. The third-order valence-corrected chi connectivity index (χ3v) is 4.87. The maximum absolute atomic E-state index is 12.5. The Morgan fingerprint density at radius 1 is 1.10 bits per heavy atom. The first-order valence-corrected chi connectivity index (χ1v) is 9.59. The molecule has 0 fully saturated rings. The molecule has 8 heteroatoms. The first kappa shape index (κ1) is 19.5. The summed E-state index contributed by atoms with van der Waals surface area (Å²) in [5.41, 5.74) is 0.786. The number of hydrogen-bond acceptors (Lipinski definition) is 6. The molecule has 0 aliphatic carbocycles. The van der Waals surface area contributed by atoms with Crippen LogP contribution in [0.1, 0.15) is 30.0 Å². The molecule has 1 aliphatic rings. The van der Waals surface area contributed by atoms with Crippen molar-refractivity contribution >= 4 is 5.71 Å². The molecule has 0 amide bonds. The Morgan fingerprint density at radius 3 is 2.63 bits per heavy atom. The Morgan fingerprint density at radius 2 is 1.87 bits per heavy atom. The van der Waals surface area contributed by atoms with Gasteiger partial charge in [-0.3, -0.25) is 19.3 Å². The van der Waals surface area contributed by atoms with Crippen molar-refractivity contribution in [3.05, 3.63) is 86.1 Å². The number of ether oxygens (including phenoxy) is 2. The lowest BCUT2D eigenvalue weighted by Crippen LogP contribution is -2.34. The number of aliphatic imine (C=N–C) groups is 1. The van der Waals surface area contributed by atoms with Gasteiger partial charge >= 0.3 is 5.69 Å². The minimum Gasteiger partial charge on any atom is -0.494 e. The predicted molar refractivity (Wildman–Crippen MR) is 112 cm³/mol. The van der Waals surface area contributed by atoms with Gasteiger partial charge in [0.05, 0.1) is 18.8 Å². The van der Waals surface area contributed by atoms with E-state index in [-0.39, 0.29) is 31.3 Å². The van der Waals surface area contributed by atoms with E-state index in [0.29, 0.717) is 23.6 Å². The van der Waals surface area contributed by atoms with Gasteiger partial charge < -0.3 is 14.6 Å². The number of hydrogen-bond donors (Lipinski definition) is 2. The Hall–Kier alpha value is -3.81. The highest BCUT2D eigenvalue weighted by Gasteiger charge is 2.19. The van der Waals surface area contributed by atoms with Crippen molar-refractivity contribution in [3.8, 4) is 17.4 Å². The van der Waals surface area contributed by atoms with Crippen molar-refractivity contribution in [1.29, 1.82) is 0 Å². The number of aromatic nitrogens is 2. The fraction of sp³-hybridized carbons (Fsp3) is 0.227. The molecule has 0 spiro atoms. The minimum atomic E-state index is -0.670. The van der Waals surface area contributed by atoms with E-state index < -0.39 is 11.2 Å². The lowest BCUT2D eigenvalue weighted by Gasteiger charge is -2.12. The lowest BCUT2D eigenvalue weighted by atomic mass is 10.1. The number of rotatable bonds is 6. The highest BCUT2D eigenvalue weighted by atomic mass is 16.7. The smallest absolute Gasteiger partial charge is 0.331 e. The van der Waals surface area contributed by atoms with E-state index in [1.807, 2.05) is 55.5 Å². The Labute approximate surface area is 172 Å². The molecule has 2 heterocycles. The fourth-order valence-electron chi connectivity index (χ4n) is 3.33. The van der Waals surface area contributed by atoms with Crippen LogP contribution in [0.4, 0.5) is 0 Å². The van der Waals surface area contributed by atoms with Crippen LogP contribution in [0.15, 0.2) is 63.1 Å². The summed E-state index contributed by atoms with van der Waals surface area (Å²) < 4.78 is 11.8. The van der Waals surface area contributed by atoms with Crippen molar-refractivity contribution in [2.75, 3.05) is 6.79 Å². The minimum absolute atomic E-state index is 0.00812. The van der Waals surface area contributed by atoms with E-state index in [9.17, 15) is 14.7 Å². The largest absolute Gasteiger partial charge is 0.494 e. The quantitative estimate of drug-likeness (QED) is 0.611. The molecule has 0 radical (unpaired) electrons. The van der Waals surface area contributed by atoms with E-state index in [0.717, 1.165) is 15.7 Å². The number of fused-ring (bicyclic) bond motifs is 1. The first-order chi connectivity index (χ1) is 14.6. The molecule has 30 heavy (non-hydrogen) atoms. The van der Waals surface area contributed by atoms with Gasteiger partial charge in [-0.15, -0.1) is 0 Å². The summed E-state index contributed by atoms with van der Waals surface area (Å²) in [7, 11) is 0. The number of H-pyrrole nitrogens is 1. The average Bonchev–Trinajstić information content (AvgIpc) is 3.22. The average molecular weight is 407 g/mol. The van der Waals surface area contributed by atoms with Gasteiger partial charge in [-0.05, 0) is 29.7 Å². The molecule has 0 atom stereocenters. The summed E-state index contributed by atoms with van der Waals surface area (Å²) >= 11 is 0. The standard InChI is InChI=1S/C22H21N3O5/c1-2-16(23-11-15-8-9-17-18(10-15)30-13-29-17)19-20(26)24-22(28)25(21(19)27)12-14-6-4-3-5-7-14/h3-10,27H,2,11-13H2,1H3,(H,24,26,28). The molecule has 3 aromatic rings. The second-order valence-corrected chi connectivity index (χ2v) is 6.83. The van der Waals surface area contributed by atoms with Gasteiger partial charge in [0.25, 0.3) is 5.56 Å². The zero-order chi connectivity index (χ0) is 21.1. The lowest BCUT2D eigenvalue weighted by molar-refractivity contribution is 0.174. The number of aromatic hydroxyl groups is 1. The van der Waals surface area contributed by atoms with Crippen LogP contribution in [0.3, 0.4) is 0 Å².